The number of carbonyl (C=O) groups excluding carboxylic acids is 1. The Morgan fingerprint density at radius 3 is 1.74 bits per heavy atom. The van der Waals surface area contributed by atoms with Gasteiger partial charge in [0.2, 0.25) is 0 Å². The highest BCUT2D eigenvalue weighted by molar-refractivity contribution is 6.35. The third-order valence-corrected chi connectivity index (χ3v) is 6.24. The summed E-state index contributed by atoms with van der Waals surface area (Å²) >= 11 is 0. The van der Waals surface area contributed by atoms with E-state index in [0.29, 0.717) is 12.8 Å². The molecule has 0 aromatic heterocycles. The summed E-state index contributed by atoms with van der Waals surface area (Å²) in [6.45, 7) is 5.05. The first-order valence-electron chi connectivity index (χ1n) is 13.3. The second-order valence-corrected chi connectivity index (χ2v) is 10.2. The van der Waals surface area contributed by atoms with Crippen molar-refractivity contribution in [1.29, 1.82) is 0 Å². The molecule has 1 atom stereocenters. The molecule has 7 heteroatoms. The Morgan fingerprint density at radius 1 is 0.895 bits per heavy atom. The third-order valence-electron chi connectivity index (χ3n) is 6.24. The maximum atomic E-state index is 13.0. The zero-order chi connectivity index (χ0) is 28.0. The molecule has 0 aliphatic rings. The number of hydrogen-bond acceptors (Lipinski definition) is 5. The Labute approximate surface area is 228 Å². The average Bonchev–Trinajstić information content (AvgIpc) is 2.90. The third kappa shape index (κ3) is 9.10. The van der Waals surface area contributed by atoms with Crippen LogP contribution in [0.4, 0.5) is 0 Å². The molecule has 0 radical (unpaired) electrons. The summed E-state index contributed by atoms with van der Waals surface area (Å²) in [6.07, 6.45) is 1.50. The highest BCUT2D eigenvalue weighted by Gasteiger charge is 2.44. The minimum Gasteiger partial charge on any atom is -0.820 e. The number of hydrogen-bond donors (Lipinski definition) is 1. The van der Waals surface area contributed by atoms with Crippen molar-refractivity contribution in [3.8, 4) is 0 Å². The van der Waals surface area contributed by atoms with Gasteiger partial charge in [-0.2, -0.15) is 0 Å². The van der Waals surface area contributed by atoms with Crippen LogP contribution in [0.3, 0.4) is 0 Å². The molecule has 3 aromatic rings. The molecule has 0 aliphatic carbocycles. The summed E-state index contributed by atoms with van der Waals surface area (Å²) in [4.78, 5) is 12.0. The molecule has 0 spiro atoms. The van der Waals surface area contributed by atoms with E-state index >= 15 is 0 Å². The largest absolute Gasteiger partial charge is 0.820 e. The number of likely N-dealkylation sites (N-methyl/N-ethyl adjacent to an activating group) is 1. The highest BCUT2D eigenvalue weighted by atomic mass is 16.7. The zero-order valence-corrected chi connectivity index (χ0v) is 23.4. The normalized spacial score (nSPS) is 12.2. The summed E-state index contributed by atoms with van der Waals surface area (Å²) in [6, 6.07) is 29.4. The minimum absolute atomic E-state index is 0.181. The Bertz CT molecular complexity index is 1020. The first kappa shape index (κ1) is 31.3. The molecule has 3 aromatic carbocycles. The van der Waals surface area contributed by atoms with E-state index in [2.05, 4.69) is 28.1 Å². The Morgan fingerprint density at radius 2 is 1.37 bits per heavy atom. The van der Waals surface area contributed by atoms with E-state index in [0.717, 1.165) is 27.7 Å². The lowest BCUT2D eigenvalue weighted by atomic mass is 9.71. The first-order chi connectivity index (χ1) is 18.2. The maximum Gasteiger partial charge on any atom is 0.422 e. The van der Waals surface area contributed by atoms with Gasteiger partial charge in [0.1, 0.15) is 12.1 Å². The maximum absolute atomic E-state index is 13.0. The van der Waals surface area contributed by atoms with Gasteiger partial charge in [-0.1, -0.05) is 105 Å². The van der Waals surface area contributed by atoms with Crippen LogP contribution in [0.15, 0.2) is 91.0 Å². The molecule has 0 heterocycles. The van der Waals surface area contributed by atoms with E-state index in [1.54, 1.807) is 0 Å². The number of quaternary nitrogens is 1. The van der Waals surface area contributed by atoms with Crippen molar-refractivity contribution >= 4 is 13.3 Å². The number of nitrogens with zero attached hydrogens (tertiary/aromatic N) is 1. The summed E-state index contributed by atoms with van der Waals surface area (Å²) in [7, 11) is 4.21. The van der Waals surface area contributed by atoms with Crippen LogP contribution >= 0.6 is 0 Å². The van der Waals surface area contributed by atoms with Gasteiger partial charge >= 0.3 is 7.32 Å². The molecule has 0 amide bonds. The molecule has 0 aliphatic heterocycles. The second kappa shape index (κ2) is 15.4. The van der Waals surface area contributed by atoms with Crippen LogP contribution in [0.5, 0.6) is 0 Å². The van der Waals surface area contributed by atoms with Crippen LogP contribution in [0.1, 0.15) is 55.7 Å². The summed E-state index contributed by atoms with van der Waals surface area (Å²) in [5, 5.41) is 21.3. The monoisotopic (exact) mass is 519 g/mol. The van der Waals surface area contributed by atoms with Crippen molar-refractivity contribution in [1.82, 2.24) is 0 Å². The van der Waals surface area contributed by atoms with Gasteiger partial charge in [-0.15, -0.1) is 0 Å². The Kier molecular flexibility index (Phi) is 12.7. The predicted molar refractivity (Wildman–Crippen MR) is 151 cm³/mol. The second-order valence-electron chi connectivity index (χ2n) is 10.2. The lowest BCUT2D eigenvalue weighted by Crippen LogP contribution is -2.50. The van der Waals surface area contributed by atoms with Gasteiger partial charge in [0.25, 0.3) is 5.97 Å². The van der Waals surface area contributed by atoms with Gasteiger partial charge < -0.3 is 23.9 Å². The van der Waals surface area contributed by atoms with Gasteiger partial charge in [-0.05, 0) is 29.5 Å². The van der Waals surface area contributed by atoms with E-state index in [1.807, 2.05) is 97.9 Å². The highest BCUT2D eigenvalue weighted by Crippen LogP contribution is 2.47. The number of aliphatic hydroxyl groups is 1. The molecular formula is C31H42BNO5. The van der Waals surface area contributed by atoms with Crippen molar-refractivity contribution in [2.45, 2.75) is 44.6 Å². The number of rotatable bonds is 12. The Hall–Kier alpha value is -2.97. The number of benzene rings is 3. The van der Waals surface area contributed by atoms with Crippen molar-refractivity contribution in [3.63, 3.8) is 0 Å². The van der Waals surface area contributed by atoms with Gasteiger partial charge in [0.15, 0.2) is 0 Å². The fraction of sp³-hybridized carbons (Fsp3) is 0.387. The van der Waals surface area contributed by atoms with E-state index < -0.39 is 18.9 Å². The van der Waals surface area contributed by atoms with Crippen LogP contribution in [0.25, 0.3) is 0 Å². The minimum atomic E-state index is -1.95. The smallest absolute Gasteiger partial charge is 0.422 e. The van der Waals surface area contributed by atoms with Gasteiger partial charge in [0, 0.05) is 12.3 Å². The van der Waals surface area contributed by atoms with Gasteiger partial charge in [0.05, 0.1) is 27.7 Å². The molecule has 0 saturated carbocycles. The predicted octanol–water partition coefficient (Wildman–Crippen LogP) is 4.51. The van der Waals surface area contributed by atoms with E-state index in [-0.39, 0.29) is 18.9 Å². The zero-order valence-electron chi connectivity index (χ0n) is 23.4. The SMILES string of the molecule is CCCC(=O)OB([O-])OC(c1ccccc1)(c1ccccc1)C(CC)c1ccccc1.C[N+](C)(C)CCO. The van der Waals surface area contributed by atoms with Crippen molar-refractivity contribution in [2.24, 2.45) is 0 Å². The van der Waals surface area contributed by atoms with E-state index in [4.69, 9.17) is 14.4 Å². The molecule has 204 valence electrons. The molecule has 38 heavy (non-hydrogen) atoms. The summed E-state index contributed by atoms with van der Waals surface area (Å²) in [5.74, 6) is -0.731. The van der Waals surface area contributed by atoms with Gasteiger partial charge in [-0.25, -0.2) is 0 Å². The quantitative estimate of drug-likeness (QED) is 0.281. The molecule has 0 fully saturated rings. The number of aliphatic hydroxyl groups excluding tert-OH is 1. The molecular weight excluding hydrogens is 477 g/mol. The first-order valence-corrected chi connectivity index (χ1v) is 13.3. The Balaban J connectivity index is 0.000000638. The average molecular weight is 519 g/mol. The van der Waals surface area contributed by atoms with Crippen molar-refractivity contribution in [3.05, 3.63) is 108 Å². The fourth-order valence-electron chi connectivity index (χ4n) is 4.45. The van der Waals surface area contributed by atoms with Crippen molar-refractivity contribution < 1.29 is 28.7 Å². The van der Waals surface area contributed by atoms with Crippen LogP contribution in [-0.4, -0.2) is 57.2 Å². The number of carbonyl (C=O) groups is 1. The summed E-state index contributed by atoms with van der Waals surface area (Å²) in [5.41, 5.74) is 1.59. The topological polar surface area (TPSA) is 78.8 Å². The lowest BCUT2D eigenvalue weighted by Gasteiger charge is -2.45. The van der Waals surface area contributed by atoms with Crippen LogP contribution in [-0.2, 0) is 19.7 Å². The molecule has 0 saturated heterocycles. The fourth-order valence-corrected chi connectivity index (χ4v) is 4.45. The van der Waals surface area contributed by atoms with Crippen molar-refractivity contribution in [2.75, 3.05) is 34.3 Å². The lowest BCUT2D eigenvalue weighted by molar-refractivity contribution is -0.870. The standard InChI is InChI=1S/C26H28BO4.C5H14NO/c1-3-14-25(28)30-27(29)31-26(22-17-10-6-11-18-22,23-19-12-7-13-20-23)24(4-2)21-15-8-5-9-16-21;1-6(2,3)4-5-7/h5-13,15-20,24H,3-4,14H2,1-2H3;7H,4-5H2,1-3H3/q-1;+1. The summed E-state index contributed by atoms with van der Waals surface area (Å²) < 4.78 is 12.2. The van der Waals surface area contributed by atoms with E-state index in [9.17, 15) is 9.82 Å². The molecule has 0 bridgehead atoms. The molecule has 6 nitrogen and oxygen atoms in total. The van der Waals surface area contributed by atoms with Crippen LogP contribution in [0.2, 0.25) is 0 Å². The molecule has 1 unspecified atom stereocenters. The van der Waals surface area contributed by atoms with Gasteiger partial charge in [-0.3, -0.25) is 4.79 Å². The molecule has 3 rings (SSSR count). The van der Waals surface area contributed by atoms with Crippen LogP contribution in [0, 0.1) is 0 Å². The van der Waals surface area contributed by atoms with E-state index in [1.165, 1.54) is 0 Å². The van der Waals surface area contributed by atoms with Crippen LogP contribution < -0.4 is 5.02 Å². The molecule has 1 N–H and O–H groups in total.